The number of Topliss-reactive ketones (excluding diaryl/α,β-unsaturated/α-hetero) is 1. The molecule has 1 saturated heterocycles. The summed E-state index contributed by atoms with van der Waals surface area (Å²) in [4.78, 5) is 30.5. The number of benzene rings is 2. The number of ketones is 1. The third-order valence-electron chi connectivity index (χ3n) is 5.47. The summed E-state index contributed by atoms with van der Waals surface area (Å²) in [6.07, 6.45) is 6.16. The van der Waals surface area contributed by atoms with E-state index in [4.69, 9.17) is 16.3 Å². The van der Waals surface area contributed by atoms with Crippen LogP contribution in [-0.4, -0.2) is 40.3 Å². The number of aromatic amines is 1. The maximum atomic E-state index is 13.1. The molecule has 2 N–H and O–H groups in total. The number of aromatic nitrogens is 2. The number of hydrogen-bond donors (Lipinski definition) is 2. The average Bonchev–Trinajstić information content (AvgIpc) is 3.41. The fraction of sp³-hybridized carbons (Fsp3) is 0.208. The molecular formula is C24H23ClN3O4+. The molecule has 1 fully saturated rings. The monoisotopic (exact) mass is 452 g/mol. The molecule has 0 aliphatic carbocycles. The number of carbonyl (C=O) groups excluding carboxylic acids is 2. The number of imidazole rings is 1. The molecule has 4 rings (SSSR count). The van der Waals surface area contributed by atoms with E-state index in [1.54, 1.807) is 48.5 Å². The van der Waals surface area contributed by atoms with E-state index in [0.29, 0.717) is 41.4 Å². The highest BCUT2D eigenvalue weighted by molar-refractivity contribution is 6.46. The number of methoxy groups -OCH3 is 1. The molecule has 1 aliphatic heterocycles. The van der Waals surface area contributed by atoms with Crippen LogP contribution in [0.4, 0.5) is 0 Å². The highest BCUT2D eigenvalue weighted by Gasteiger charge is 2.45. The first-order chi connectivity index (χ1) is 15.5. The van der Waals surface area contributed by atoms with Gasteiger partial charge in [0, 0.05) is 23.6 Å². The minimum Gasteiger partial charge on any atom is -0.507 e. The number of carbonyl (C=O) groups is 2. The summed E-state index contributed by atoms with van der Waals surface area (Å²) >= 11 is 6.21. The number of aliphatic hydroxyl groups excluding tert-OH is 1. The van der Waals surface area contributed by atoms with Gasteiger partial charge in [-0.1, -0.05) is 35.9 Å². The molecule has 0 saturated carbocycles. The van der Waals surface area contributed by atoms with Gasteiger partial charge in [-0.15, -0.1) is 0 Å². The zero-order valence-electron chi connectivity index (χ0n) is 17.5. The zero-order chi connectivity index (χ0) is 22.7. The second-order valence-electron chi connectivity index (χ2n) is 7.48. The quantitative estimate of drug-likeness (QED) is 0.249. The Labute approximate surface area is 190 Å². The minimum absolute atomic E-state index is 0.0415. The van der Waals surface area contributed by atoms with Crippen molar-refractivity contribution < 1.29 is 24.0 Å². The van der Waals surface area contributed by atoms with Crippen LogP contribution >= 0.6 is 11.6 Å². The van der Waals surface area contributed by atoms with Crippen molar-refractivity contribution in [3.05, 3.63) is 89.0 Å². The lowest BCUT2D eigenvalue weighted by molar-refractivity contribution is -0.695. The fourth-order valence-corrected chi connectivity index (χ4v) is 4.14. The first-order valence-corrected chi connectivity index (χ1v) is 10.6. The molecule has 2 heterocycles. The molecule has 1 aliphatic rings. The van der Waals surface area contributed by atoms with E-state index < -0.39 is 17.7 Å². The highest BCUT2D eigenvalue weighted by atomic mass is 35.5. The maximum absolute atomic E-state index is 13.1. The summed E-state index contributed by atoms with van der Waals surface area (Å²) in [5.74, 6) is -1.07. The summed E-state index contributed by atoms with van der Waals surface area (Å²) in [5, 5.41) is 11.6. The van der Waals surface area contributed by atoms with Crippen molar-refractivity contribution in [1.82, 2.24) is 9.88 Å². The predicted octanol–water partition coefficient (Wildman–Crippen LogP) is 3.48. The van der Waals surface area contributed by atoms with Gasteiger partial charge < -0.3 is 14.7 Å². The average molecular weight is 453 g/mol. The number of H-pyrrole nitrogens is 1. The Balaban J connectivity index is 1.75. The van der Waals surface area contributed by atoms with Crippen molar-refractivity contribution in [1.29, 1.82) is 0 Å². The van der Waals surface area contributed by atoms with Crippen LogP contribution in [0.5, 0.6) is 5.75 Å². The molecule has 1 atom stereocenters. The third kappa shape index (κ3) is 4.24. The molecule has 1 amide bonds. The van der Waals surface area contributed by atoms with Crippen LogP contribution in [0.15, 0.2) is 72.8 Å². The number of rotatable bonds is 7. The lowest BCUT2D eigenvalue weighted by Crippen LogP contribution is -2.36. The Bertz CT molecular complexity index is 1170. The molecule has 1 aromatic heterocycles. The zero-order valence-corrected chi connectivity index (χ0v) is 18.2. The van der Waals surface area contributed by atoms with E-state index in [1.165, 1.54) is 12.0 Å². The van der Waals surface area contributed by atoms with Gasteiger partial charge in [0.15, 0.2) is 0 Å². The van der Waals surface area contributed by atoms with Crippen LogP contribution in [0.25, 0.3) is 5.76 Å². The highest BCUT2D eigenvalue weighted by Crippen LogP contribution is 2.40. The van der Waals surface area contributed by atoms with Gasteiger partial charge in [0.2, 0.25) is 6.33 Å². The number of likely N-dealkylation sites (tertiary alicyclic amines) is 1. The molecule has 0 radical (unpaired) electrons. The Morgan fingerprint density at radius 2 is 2.03 bits per heavy atom. The van der Waals surface area contributed by atoms with Crippen molar-refractivity contribution in [2.45, 2.75) is 19.0 Å². The molecule has 3 aromatic rings. The largest absolute Gasteiger partial charge is 0.507 e. The van der Waals surface area contributed by atoms with Crippen LogP contribution in [0, 0.1) is 0 Å². The summed E-state index contributed by atoms with van der Waals surface area (Å²) in [7, 11) is 1.52. The van der Waals surface area contributed by atoms with E-state index in [9.17, 15) is 14.7 Å². The van der Waals surface area contributed by atoms with Crippen molar-refractivity contribution in [2.24, 2.45) is 0 Å². The summed E-state index contributed by atoms with van der Waals surface area (Å²) in [6, 6.07) is 13.0. The molecule has 2 aromatic carbocycles. The number of hydrogen-bond acceptors (Lipinski definition) is 4. The van der Waals surface area contributed by atoms with E-state index in [-0.39, 0.29) is 11.3 Å². The van der Waals surface area contributed by atoms with Crippen LogP contribution in [-0.2, 0) is 16.1 Å². The smallest absolute Gasteiger partial charge is 0.295 e. The number of ether oxygens (including phenoxy) is 1. The predicted molar refractivity (Wildman–Crippen MR) is 119 cm³/mol. The second-order valence-corrected chi connectivity index (χ2v) is 7.92. The van der Waals surface area contributed by atoms with Crippen LogP contribution in [0.2, 0.25) is 5.02 Å². The molecule has 1 unspecified atom stereocenters. The van der Waals surface area contributed by atoms with Gasteiger partial charge >= 0.3 is 0 Å². The Morgan fingerprint density at radius 3 is 2.75 bits per heavy atom. The molecule has 0 spiro atoms. The maximum Gasteiger partial charge on any atom is 0.295 e. The number of aryl methyl sites for hydroxylation is 1. The SMILES string of the molecule is COc1cccc(C(O)=C2C(=O)C(=O)N(CCC[n+]3cc[nH]c3)C2c2cccc(Cl)c2)c1. The fourth-order valence-electron chi connectivity index (χ4n) is 3.94. The van der Waals surface area contributed by atoms with E-state index in [1.807, 2.05) is 23.3 Å². The number of nitrogens with one attached hydrogen (secondary N) is 1. The third-order valence-corrected chi connectivity index (χ3v) is 5.70. The first-order valence-electron chi connectivity index (χ1n) is 10.2. The van der Waals surface area contributed by atoms with Crippen LogP contribution in [0.3, 0.4) is 0 Å². The van der Waals surface area contributed by atoms with Crippen LogP contribution < -0.4 is 9.30 Å². The second kappa shape index (κ2) is 9.28. The number of nitrogens with zero attached hydrogens (tertiary/aromatic N) is 2. The lowest BCUT2D eigenvalue weighted by atomic mass is 9.95. The minimum atomic E-state index is -0.740. The van der Waals surface area contributed by atoms with Gasteiger partial charge in [-0.05, 0) is 29.8 Å². The van der Waals surface area contributed by atoms with Crippen molar-refractivity contribution in [3.8, 4) is 5.75 Å². The molecule has 32 heavy (non-hydrogen) atoms. The van der Waals surface area contributed by atoms with E-state index in [0.717, 1.165) is 0 Å². The summed E-state index contributed by atoms with van der Waals surface area (Å²) in [6.45, 7) is 1.01. The molecule has 164 valence electrons. The Kier molecular flexibility index (Phi) is 6.28. The van der Waals surface area contributed by atoms with Gasteiger partial charge in [0.25, 0.3) is 11.7 Å². The first kappa shape index (κ1) is 21.6. The van der Waals surface area contributed by atoms with Gasteiger partial charge in [0.1, 0.15) is 23.9 Å². The van der Waals surface area contributed by atoms with Gasteiger partial charge in [-0.2, -0.15) is 0 Å². The Hall–Kier alpha value is -3.58. The molecule has 8 heteroatoms. The topological polar surface area (TPSA) is 86.5 Å². The molecule has 7 nitrogen and oxygen atoms in total. The lowest BCUT2D eigenvalue weighted by Gasteiger charge is -2.25. The molecular weight excluding hydrogens is 430 g/mol. The van der Waals surface area contributed by atoms with Gasteiger partial charge in [-0.3, -0.25) is 14.6 Å². The Morgan fingerprint density at radius 1 is 1.22 bits per heavy atom. The molecule has 0 bridgehead atoms. The van der Waals surface area contributed by atoms with E-state index in [2.05, 4.69) is 4.98 Å². The summed E-state index contributed by atoms with van der Waals surface area (Å²) in [5.41, 5.74) is 1.10. The van der Waals surface area contributed by atoms with E-state index >= 15 is 0 Å². The standard InChI is InChI=1S/C24H22ClN3O4/c1-32-19-8-3-6-17(14-19)22(29)20-21(16-5-2-7-18(25)13-16)28(24(31)23(20)30)11-4-10-27-12-9-26-15-27/h2-3,5-9,12-15,21H,4,10-11H2,1H3,(H,29,30)/p+1. The summed E-state index contributed by atoms with van der Waals surface area (Å²) < 4.78 is 7.19. The van der Waals surface area contributed by atoms with Gasteiger partial charge in [-0.25, -0.2) is 4.57 Å². The van der Waals surface area contributed by atoms with Crippen LogP contribution in [0.1, 0.15) is 23.6 Å². The normalized spacial score (nSPS) is 17.7. The van der Waals surface area contributed by atoms with Crippen molar-refractivity contribution in [3.63, 3.8) is 0 Å². The number of halogens is 1. The van der Waals surface area contributed by atoms with Crippen molar-refractivity contribution in [2.75, 3.05) is 13.7 Å². The van der Waals surface area contributed by atoms with Crippen molar-refractivity contribution >= 4 is 29.1 Å². The number of aliphatic hydroxyl groups is 1. The van der Waals surface area contributed by atoms with Gasteiger partial charge in [0.05, 0.1) is 25.3 Å². The number of amides is 1.